The van der Waals surface area contributed by atoms with Crippen molar-refractivity contribution in [1.82, 2.24) is 10.1 Å². The lowest BCUT2D eigenvalue weighted by Gasteiger charge is -2.33. The van der Waals surface area contributed by atoms with Crippen LogP contribution in [0.15, 0.2) is 40.9 Å². The van der Waals surface area contributed by atoms with Gasteiger partial charge in [-0.2, -0.15) is 0 Å². The Hall–Kier alpha value is -2.14. The second kappa shape index (κ2) is 6.32. The summed E-state index contributed by atoms with van der Waals surface area (Å²) in [5.41, 5.74) is 1.65. The van der Waals surface area contributed by atoms with Crippen LogP contribution in [0.4, 0.5) is 0 Å². The van der Waals surface area contributed by atoms with Gasteiger partial charge in [-0.3, -0.25) is 4.79 Å². The molecular weight excluding hydrogens is 280 g/mol. The topological polar surface area (TPSA) is 66.6 Å². The highest BCUT2D eigenvalue weighted by Gasteiger charge is 2.29. The molecule has 0 radical (unpaired) electrons. The summed E-state index contributed by atoms with van der Waals surface area (Å²) in [5.74, 6) is 0.357. The van der Waals surface area contributed by atoms with E-state index in [0.717, 1.165) is 18.4 Å². The molecule has 0 aliphatic carbocycles. The second-order valence-corrected chi connectivity index (χ2v) is 5.82. The number of piperidine rings is 1. The van der Waals surface area contributed by atoms with E-state index in [4.69, 9.17) is 4.52 Å². The van der Waals surface area contributed by atoms with Crippen LogP contribution in [0.3, 0.4) is 0 Å². The highest BCUT2D eigenvalue weighted by atomic mass is 16.5. The summed E-state index contributed by atoms with van der Waals surface area (Å²) >= 11 is 0. The summed E-state index contributed by atoms with van der Waals surface area (Å²) in [6, 6.07) is 11.4. The van der Waals surface area contributed by atoms with E-state index in [1.807, 2.05) is 30.3 Å². The fraction of sp³-hybridized carbons (Fsp3) is 0.412. The molecule has 1 aliphatic rings. The number of benzene rings is 1. The van der Waals surface area contributed by atoms with Crippen molar-refractivity contribution >= 4 is 5.91 Å². The van der Waals surface area contributed by atoms with Gasteiger partial charge >= 0.3 is 0 Å². The molecular formula is C17H20N2O3. The molecule has 5 heteroatoms. The standard InChI is InChI=1S/C17H20N2O3/c1-12-11-15(22-18-12)17(21)19-9-7-14(8-10-19)16(20)13-5-3-2-4-6-13/h2-6,11,14,16,20H,7-10H2,1H3/t16-/m1/s1. The van der Waals surface area contributed by atoms with Gasteiger partial charge in [0.05, 0.1) is 11.8 Å². The molecule has 1 aromatic heterocycles. The number of hydrogen-bond acceptors (Lipinski definition) is 4. The lowest BCUT2D eigenvalue weighted by atomic mass is 9.87. The zero-order chi connectivity index (χ0) is 15.5. The lowest BCUT2D eigenvalue weighted by Crippen LogP contribution is -2.39. The number of rotatable bonds is 3. The van der Waals surface area contributed by atoms with Crippen molar-refractivity contribution in [3.8, 4) is 0 Å². The molecule has 1 N–H and O–H groups in total. The number of aliphatic hydroxyl groups excluding tert-OH is 1. The predicted octanol–water partition coefficient (Wildman–Crippen LogP) is 2.57. The van der Waals surface area contributed by atoms with Gasteiger partial charge in [-0.05, 0) is 31.2 Å². The van der Waals surface area contributed by atoms with E-state index >= 15 is 0 Å². The minimum atomic E-state index is -0.467. The Morgan fingerprint density at radius 3 is 2.59 bits per heavy atom. The van der Waals surface area contributed by atoms with Crippen LogP contribution < -0.4 is 0 Å². The second-order valence-electron chi connectivity index (χ2n) is 5.82. The molecule has 1 aromatic carbocycles. The molecule has 0 bridgehead atoms. The number of amides is 1. The Morgan fingerprint density at radius 2 is 2.00 bits per heavy atom. The van der Waals surface area contributed by atoms with Gasteiger partial charge in [-0.1, -0.05) is 35.5 Å². The predicted molar refractivity (Wildman–Crippen MR) is 81.3 cm³/mol. The number of hydrogen-bond donors (Lipinski definition) is 1. The molecule has 1 amide bonds. The third-order valence-corrected chi connectivity index (χ3v) is 4.25. The van der Waals surface area contributed by atoms with Crippen LogP contribution in [0.2, 0.25) is 0 Å². The van der Waals surface area contributed by atoms with Crippen LogP contribution in [0.1, 0.15) is 40.8 Å². The fourth-order valence-corrected chi connectivity index (χ4v) is 2.96. The van der Waals surface area contributed by atoms with E-state index < -0.39 is 6.10 Å². The summed E-state index contributed by atoms with van der Waals surface area (Å²) in [4.78, 5) is 14.1. The Balaban J connectivity index is 1.59. The van der Waals surface area contributed by atoms with Crippen molar-refractivity contribution in [2.24, 2.45) is 5.92 Å². The van der Waals surface area contributed by atoms with Crippen molar-refractivity contribution in [1.29, 1.82) is 0 Å². The van der Waals surface area contributed by atoms with Crippen LogP contribution >= 0.6 is 0 Å². The molecule has 22 heavy (non-hydrogen) atoms. The summed E-state index contributed by atoms with van der Waals surface area (Å²) < 4.78 is 5.03. The van der Waals surface area contributed by atoms with Gasteiger partial charge in [-0.25, -0.2) is 0 Å². The summed E-state index contributed by atoms with van der Waals surface area (Å²) in [7, 11) is 0. The number of aromatic nitrogens is 1. The molecule has 0 unspecified atom stereocenters. The van der Waals surface area contributed by atoms with Crippen molar-refractivity contribution in [2.45, 2.75) is 25.9 Å². The molecule has 5 nitrogen and oxygen atoms in total. The number of likely N-dealkylation sites (tertiary alicyclic amines) is 1. The lowest BCUT2D eigenvalue weighted by molar-refractivity contribution is 0.0437. The monoisotopic (exact) mass is 300 g/mol. The van der Waals surface area contributed by atoms with E-state index in [9.17, 15) is 9.90 Å². The van der Waals surface area contributed by atoms with Gasteiger partial charge < -0.3 is 14.5 Å². The minimum Gasteiger partial charge on any atom is -0.388 e. The highest BCUT2D eigenvalue weighted by Crippen LogP contribution is 2.31. The largest absolute Gasteiger partial charge is 0.388 e. The Bertz CT molecular complexity index is 630. The van der Waals surface area contributed by atoms with Crippen molar-refractivity contribution in [3.63, 3.8) is 0 Å². The maximum absolute atomic E-state index is 12.3. The molecule has 3 rings (SSSR count). The molecule has 0 spiro atoms. The van der Waals surface area contributed by atoms with E-state index in [-0.39, 0.29) is 11.8 Å². The van der Waals surface area contributed by atoms with Gasteiger partial charge in [0.1, 0.15) is 0 Å². The summed E-state index contributed by atoms with van der Waals surface area (Å²) in [6.07, 6.45) is 1.11. The van der Waals surface area contributed by atoms with Crippen LogP contribution in [-0.2, 0) is 0 Å². The summed E-state index contributed by atoms with van der Waals surface area (Å²) in [5, 5.41) is 14.2. The maximum atomic E-state index is 12.3. The SMILES string of the molecule is Cc1cc(C(=O)N2CCC([C@H](O)c3ccccc3)CC2)on1. The van der Waals surface area contributed by atoms with Crippen LogP contribution in [0.5, 0.6) is 0 Å². The van der Waals surface area contributed by atoms with Crippen molar-refractivity contribution < 1.29 is 14.4 Å². The van der Waals surface area contributed by atoms with Crippen LogP contribution in [0.25, 0.3) is 0 Å². The molecule has 1 aliphatic heterocycles. The van der Waals surface area contributed by atoms with E-state index in [2.05, 4.69) is 5.16 Å². The zero-order valence-corrected chi connectivity index (χ0v) is 12.6. The first kappa shape index (κ1) is 14.8. The Morgan fingerprint density at radius 1 is 1.32 bits per heavy atom. The normalized spacial score (nSPS) is 17.5. The molecule has 116 valence electrons. The minimum absolute atomic E-state index is 0.117. The van der Waals surface area contributed by atoms with E-state index in [1.165, 1.54) is 0 Å². The number of aliphatic hydroxyl groups is 1. The Kier molecular flexibility index (Phi) is 4.24. The molecule has 1 atom stereocenters. The van der Waals surface area contributed by atoms with Gasteiger partial charge in [0.25, 0.3) is 5.91 Å². The van der Waals surface area contributed by atoms with Crippen molar-refractivity contribution in [2.75, 3.05) is 13.1 Å². The average molecular weight is 300 g/mol. The quantitative estimate of drug-likeness (QED) is 0.946. The van der Waals surface area contributed by atoms with Gasteiger partial charge in [0.2, 0.25) is 5.76 Å². The van der Waals surface area contributed by atoms with Gasteiger partial charge in [0.15, 0.2) is 0 Å². The maximum Gasteiger partial charge on any atom is 0.292 e. The molecule has 1 saturated heterocycles. The smallest absolute Gasteiger partial charge is 0.292 e. The first-order chi connectivity index (χ1) is 10.6. The van der Waals surface area contributed by atoms with Gasteiger partial charge in [-0.15, -0.1) is 0 Å². The third-order valence-electron chi connectivity index (χ3n) is 4.25. The Labute approximate surface area is 129 Å². The first-order valence-electron chi connectivity index (χ1n) is 7.61. The fourth-order valence-electron chi connectivity index (χ4n) is 2.96. The number of aryl methyl sites for hydroxylation is 1. The number of carbonyl (C=O) groups is 1. The zero-order valence-electron chi connectivity index (χ0n) is 12.6. The van der Waals surface area contributed by atoms with Gasteiger partial charge in [0, 0.05) is 19.2 Å². The van der Waals surface area contributed by atoms with E-state index in [1.54, 1.807) is 17.9 Å². The first-order valence-corrected chi connectivity index (χ1v) is 7.61. The molecule has 0 saturated carbocycles. The number of carbonyl (C=O) groups excluding carboxylic acids is 1. The third kappa shape index (κ3) is 3.04. The van der Waals surface area contributed by atoms with Crippen LogP contribution in [-0.4, -0.2) is 34.2 Å². The van der Waals surface area contributed by atoms with Crippen molar-refractivity contribution in [3.05, 3.63) is 53.4 Å². The summed E-state index contributed by atoms with van der Waals surface area (Å²) in [6.45, 7) is 3.06. The average Bonchev–Trinajstić information content (AvgIpc) is 3.01. The highest BCUT2D eigenvalue weighted by molar-refractivity contribution is 5.91. The van der Waals surface area contributed by atoms with E-state index in [0.29, 0.717) is 24.5 Å². The molecule has 2 heterocycles. The van der Waals surface area contributed by atoms with Crippen LogP contribution in [0, 0.1) is 12.8 Å². The molecule has 1 fully saturated rings. The number of nitrogens with zero attached hydrogens (tertiary/aromatic N) is 2. The molecule has 2 aromatic rings.